The first kappa shape index (κ1) is 19.7. The van der Waals surface area contributed by atoms with Crippen molar-refractivity contribution in [2.75, 3.05) is 13.1 Å². The Labute approximate surface area is 171 Å². The molecular weight excluding hydrogens is 340 g/mol. The van der Waals surface area contributed by atoms with E-state index in [1.807, 2.05) is 0 Å². The molecule has 0 N–H and O–H groups in total. The molecule has 0 amide bonds. The highest BCUT2D eigenvalue weighted by Crippen LogP contribution is 2.35. The minimum absolute atomic E-state index is 0.465. The third-order valence-electron chi connectivity index (χ3n) is 7.13. The zero-order valence-electron chi connectivity index (χ0n) is 17.5. The predicted octanol–water partition coefficient (Wildman–Crippen LogP) is 5.88. The van der Waals surface area contributed by atoms with Crippen LogP contribution in [-0.2, 0) is 13.1 Å². The fraction of sp³-hybridized carbons (Fsp3) is 0.538. The number of rotatable bonds is 6. The fourth-order valence-corrected chi connectivity index (χ4v) is 5.35. The molecule has 0 atom stereocenters. The summed E-state index contributed by atoms with van der Waals surface area (Å²) in [6.45, 7) is 7.16. The summed E-state index contributed by atoms with van der Waals surface area (Å²) in [4.78, 5) is 5.55. The van der Waals surface area contributed by atoms with Crippen LogP contribution in [0.3, 0.4) is 0 Å². The largest absolute Gasteiger partial charge is 0.298 e. The maximum atomic E-state index is 2.83. The molecule has 2 heteroatoms. The SMILES string of the molecule is CC1(N2CCC(N(Cc3ccccc3)Cc3ccccc3)CC2)CCCCC1. The molecule has 1 saturated heterocycles. The van der Waals surface area contributed by atoms with Crippen molar-refractivity contribution < 1.29 is 0 Å². The number of benzene rings is 2. The molecule has 2 fully saturated rings. The lowest BCUT2D eigenvalue weighted by atomic mass is 9.80. The average molecular weight is 377 g/mol. The number of hydrogen-bond acceptors (Lipinski definition) is 2. The first-order valence-corrected chi connectivity index (χ1v) is 11.3. The molecular formula is C26H36N2. The van der Waals surface area contributed by atoms with Gasteiger partial charge in [0.25, 0.3) is 0 Å². The summed E-state index contributed by atoms with van der Waals surface area (Å²) in [5, 5.41) is 0. The molecule has 0 aromatic heterocycles. The van der Waals surface area contributed by atoms with Crippen LogP contribution in [0.1, 0.15) is 63.0 Å². The predicted molar refractivity (Wildman–Crippen MR) is 118 cm³/mol. The summed E-state index contributed by atoms with van der Waals surface area (Å²) >= 11 is 0. The van der Waals surface area contributed by atoms with E-state index in [0.29, 0.717) is 11.6 Å². The second kappa shape index (κ2) is 9.24. The molecule has 150 valence electrons. The zero-order chi connectivity index (χ0) is 19.2. The van der Waals surface area contributed by atoms with Gasteiger partial charge in [-0.25, -0.2) is 0 Å². The molecule has 2 aliphatic rings. The van der Waals surface area contributed by atoms with E-state index in [1.54, 1.807) is 0 Å². The second-order valence-electron chi connectivity index (χ2n) is 9.15. The second-order valence-corrected chi connectivity index (χ2v) is 9.15. The molecule has 0 radical (unpaired) electrons. The van der Waals surface area contributed by atoms with E-state index < -0.39 is 0 Å². The van der Waals surface area contributed by atoms with Crippen LogP contribution in [0.4, 0.5) is 0 Å². The average Bonchev–Trinajstić information content (AvgIpc) is 2.75. The quantitative estimate of drug-likeness (QED) is 0.621. The van der Waals surface area contributed by atoms with Gasteiger partial charge in [-0.15, -0.1) is 0 Å². The van der Waals surface area contributed by atoms with Gasteiger partial charge < -0.3 is 0 Å². The van der Waals surface area contributed by atoms with E-state index >= 15 is 0 Å². The number of piperidine rings is 1. The van der Waals surface area contributed by atoms with Gasteiger partial charge in [0, 0.05) is 37.8 Å². The van der Waals surface area contributed by atoms with E-state index in [4.69, 9.17) is 0 Å². The first-order valence-electron chi connectivity index (χ1n) is 11.3. The number of likely N-dealkylation sites (tertiary alicyclic amines) is 1. The Morgan fingerprint density at radius 2 is 1.29 bits per heavy atom. The highest BCUT2D eigenvalue weighted by Gasteiger charge is 2.36. The van der Waals surface area contributed by atoms with Gasteiger partial charge in [-0.2, -0.15) is 0 Å². The van der Waals surface area contributed by atoms with Gasteiger partial charge in [0.15, 0.2) is 0 Å². The summed E-state index contributed by atoms with van der Waals surface area (Å²) in [6.07, 6.45) is 9.68. The highest BCUT2D eigenvalue weighted by atomic mass is 15.2. The van der Waals surface area contributed by atoms with Gasteiger partial charge in [0.05, 0.1) is 0 Å². The topological polar surface area (TPSA) is 6.48 Å². The molecule has 0 spiro atoms. The highest BCUT2D eigenvalue weighted by molar-refractivity contribution is 5.17. The van der Waals surface area contributed by atoms with E-state index in [-0.39, 0.29) is 0 Å². The smallest absolute Gasteiger partial charge is 0.0240 e. The van der Waals surface area contributed by atoms with Gasteiger partial charge in [0.2, 0.25) is 0 Å². The molecule has 1 aliphatic carbocycles. The molecule has 2 nitrogen and oxygen atoms in total. The minimum Gasteiger partial charge on any atom is -0.298 e. The van der Waals surface area contributed by atoms with Crippen LogP contribution in [0.2, 0.25) is 0 Å². The van der Waals surface area contributed by atoms with Crippen molar-refractivity contribution in [3.8, 4) is 0 Å². The van der Waals surface area contributed by atoms with Crippen molar-refractivity contribution in [2.45, 2.75) is 76.5 Å². The lowest BCUT2D eigenvalue weighted by Gasteiger charge is -2.48. The Hall–Kier alpha value is -1.64. The van der Waals surface area contributed by atoms with Crippen molar-refractivity contribution in [2.24, 2.45) is 0 Å². The van der Waals surface area contributed by atoms with Crippen molar-refractivity contribution in [3.63, 3.8) is 0 Å². The zero-order valence-corrected chi connectivity index (χ0v) is 17.5. The van der Waals surface area contributed by atoms with Crippen LogP contribution in [0, 0.1) is 0 Å². The summed E-state index contributed by atoms with van der Waals surface area (Å²) in [6, 6.07) is 22.7. The Morgan fingerprint density at radius 1 is 0.786 bits per heavy atom. The molecule has 1 heterocycles. The van der Waals surface area contributed by atoms with Gasteiger partial charge in [0.1, 0.15) is 0 Å². The molecule has 0 bridgehead atoms. The van der Waals surface area contributed by atoms with Gasteiger partial charge in [-0.05, 0) is 43.7 Å². The van der Waals surface area contributed by atoms with Crippen LogP contribution in [0.25, 0.3) is 0 Å². The van der Waals surface area contributed by atoms with Crippen molar-refractivity contribution in [3.05, 3.63) is 71.8 Å². The lowest BCUT2D eigenvalue weighted by Crippen LogP contribution is -2.54. The lowest BCUT2D eigenvalue weighted by molar-refractivity contribution is 0.0143. The van der Waals surface area contributed by atoms with Crippen LogP contribution < -0.4 is 0 Å². The van der Waals surface area contributed by atoms with E-state index in [1.165, 1.54) is 69.2 Å². The standard InChI is InChI=1S/C26H36N2/c1-26(17-9-4-10-18-26)28-19-15-25(16-20-28)27(21-23-11-5-2-6-12-23)22-24-13-7-3-8-14-24/h2-3,5-8,11-14,25H,4,9-10,15-22H2,1H3. The number of hydrogen-bond donors (Lipinski definition) is 0. The molecule has 4 rings (SSSR count). The third kappa shape index (κ3) is 4.85. The Bertz CT molecular complexity index is 656. The Balaban J connectivity index is 1.43. The summed E-state index contributed by atoms with van der Waals surface area (Å²) in [5.41, 5.74) is 3.33. The molecule has 1 aliphatic heterocycles. The normalized spacial score (nSPS) is 21.1. The monoisotopic (exact) mass is 376 g/mol. The molecule has 2 aromatic rings. The Kier molecular flexibility index (Phi) is 6.49. The van der Waals surface area contributed by atoms with Gasteiger partial charge in [-0.3, -0.25) is 9.80 Å². The summed E-state index contributed by atoms with van der Waals surface area (Å²) in [7, 11) is 0. The van der Waals surface area contributed by atoms with E-state index in [0.717, 1.165) is 13.1 Å². The van der Waals surface area contributed by atoms with E-state index in [9.17, 15) is 0 Å². The first-order chi connectivity index (χ1) is 13.7. The van der Waals surface area contributed by atoms with Crippen LogP contribution in [0.5, 0.6) is 0 Å². The number of nitrogens with zero attached hydrogens (tertiary/aromatic N) is 2. The third-order valence-corrected chi connectivity index (χ3v) is 7.13. The van der Waals surface area contributed by atoms with Crippen molar-refractivity contribution in [1.29, 1.82) is 0 Å². The maximum Gasteiger partial charge on any atom is 0.0240 e. The summed E-state index contributed by atoms with van der Waals surface area (Å²) < 4.78 is 0. The molecule has 2 aromatic carbocycles. The summed E-state index contributed by atoms with van der Waals surface area (Å²) in [5.74, 6) is 0. The van der Waals surface area contributed by atoms with E-state index in [2.05, 4.69) is 77.4 Å². The van der Waals surface area contributed by atoms with Crippen LogP contribution >= 0.6 is 0 Å². The van der Waals surface area contributed by atoms with Crippen molar-refractivity contribution in [1.82, 2.24) is 9.80 Å². The van der Waals surface area contributed by atoms with Gasteiger partial charge in [-0.1, -0.05) is 79.9 Å². The van der Waals surface area contributed by atoms with Gasteiger partial charge >= 0.3 is 0 Å². The molecule has 0 unspecified atom stereocenters. The molecule has 28 heavy (non-hydrogen) atoms. The fourth-order valence-electron chi connectivity index (χ4n) is 5.35. The Morgan fingerprint density at radius 3 is 1.79 bits per heavy atom. The van der Waals surface area contributed by atoms with Crippen molar-refractivity contribution >= 4 is 0 Å². The van der Waals surface area contributed by atoms with Crippen LogP contribution in [0.15, 0.2) is 60.7 Å². The minimum atomic E-state index is 0.465. The maximum absolute atomic E-state index is 2.83. The van der Waals surface area contributed by atoms with Crippen LogP contribution in [-0.4, -0.2) is 34.5 Å². The molecule has 1 saturated carbocycles.